The molecule has 1 rings (SSSR count). The Bertz CT molecular complexity index is 215. The molecule has 0 saturated carbocycles. The van der Waals surface area contributed by atoms with Crippen LogP contribution in [0.15, 0.2) is 11.6 Å². The standard InChI is InChI=1S/C13H22O/c1-3-7-11(2)10-13(14)12-8-5-4-6-9-12/h8,11H,3-7,9-10H2,1-2H3. The first-order chi connectivity index (χ1) is 6.74. The van der Waals surface area contributed by atoms with Crippen molar-refractivity contribution in [2.45, 2.75) is 58.8 Å². The molecule has 80 valence electrons. The molecule has 0 aromatic rings. The molecular weight excluding hydrogens is 172 g/mol. The zero-order valence-electron chi connectivity index (χ0n) is 9.51. The van der Waals surface area contributed by atoms with E-state index in [1.165, 1.54) is 25.7 Å². The second-order valence-corrected chi connectivity index (χ2v) is 4.50. The van der Waals surface area contributed by atoms with Gasteiger partial charge in [-0.15, -0.1) is 0 Å². The average Bonchev–Trinajstić information content (AvgIpc) is 2.19. The van der Waals surface area contributed by atoms with Crippen molar-refractivity contribution in [1.82, 2.24) is 0 Å². The summed E-state index contributed by atoms with van der Waals surface area (Å²) >= 11 is 0. The molecule has 1 nitrogen and oxygen atoms in total. The molecule has 0 amide bonds. The highest BCUT2D eigenvalue weighted by Gasteiger charge is 2.14. The lowest BCUT2D eigenvalue weighted by Crippen LogP contribution is -2.10. The van der Waals surface area contributed by atoms with Crippen molar-refractivity contribution < 1.29 is 4.79 Å². The van der Waals surface area contributed by atoms with E-state index in [0.29, 0.717) is 11.7 Å². The van der Waals surface area contributed by atoms with E-state index in [1.807, 2.05) is 0 Å². The van der Waals surface area contributed by atoms with Gasteiger partial charge in [-0.1, -0.05) is 32.8 Å². The van der Waals surface area contributed by atoms with Crippen LogP contribution in [0.4, 0.5) is 0 Å². The average molecular weight is 194 g/mol. The molecule has 0 radical (unpaired) electrons. The van der Waals surface area contributed by atoms with Crippen molar-refractivity contribution >= 4 is 5.78 Å². The van der Waals surface area contributed by atoms with Gasteiger partial charge in [-0.25, -0.2) is 0 Å². The molecule has 0 aliphatic heterocycles. The number of hydrogen-bond acceptors (Lipinski definition) is 1. The zero-order valence-corrected chi connectivity index (χ0v) is 9.51. The number of rotatable bonds is 5. The van der Waals surface area contributed by atoms with Crippen LogP contribution >= 0.6 is 0 Å². The molecule has 0 aromatic carbocycles. The van der Waals surface area contributed by atoms with E-state index < -0.39 is 0 Å². The van der Waals surface area contributed by atoms with Gasteiger partial charge in [-0.3, -0.25) is 4.79 Å². The molecule has 0 spiro atoms. The lowest BCUT2D eigenvalue weighted by molar-refractivity contribution is -0.116. The van der Waals surface area contributed by atoms with Crippen molar-refractivity contribution in [3.05, 3.63) is 11.6 Å². The van der Waals surface area contributed by atoms with Crippen LogP contribution in [0, 0.1) is 5.92 Å². The molecule has 0 N–H and O–H groups in total. The summed E-state index contributed by atoms with van der Waals surface area (Å²) in [5.41, 5.74) is 1.11. The first kappa shape index (κ1) is 11.5. The Hall–Kier alpha value is -0.590. The van der Waals surface area contributed by atoms with Gasteiger partial charge in [0.1, 0.15) is 0 Å². The van der Waals surface area contributed by atoms with Crippen molar-refractivity contribution in [3.8, 4) is 0 Å². The van der Waals surface area contributed by atoms with Crippen LogP contribution < -0.4 is 0 Å². The summed E-state index contributed by atoms with van der Waals surface area (Å²) < 4.78 is 0. The van der Waals surface area contributed by atoms with Crippen molar-refractivity contribution in [2.24, 2.45) is 5.92 Å². The summed E-state index contributed by atoms with van der Waals surface area (Å²) in [4.78, 5) is 11.8. The topological polar surface area (TPSA) is 17.1 Å². The third-order valence-corrected chi connectivity index (χ3v) is 2.96. The third kappa shape index (κ3) is 3.65. The lowest BCUT2D eigenvalue weighted by Gasteiger charge is -2.14. The van der Waals surface area contributed by atoms with E-state index in [4.69, 9.17) is 0 Å². The molecule has 0 fully saturated rings. The van der Waals surface area contributed by atoms with Gasteiger partial charge in [0, 0.05) is 6.42 Å². The van der Waals surface area contributed by atoms with Gasteiger partial charge >= 0.3 is 0 Å². The van der Waals surface area contributed by atoms with Gasteiger partial charge in [-0.05, 0) is 37.2 Å². The Kier molecular flexibility index (Phi) is 4.92. The van der Waals surface area contributed by atoms with Gasteiger partial charge in [0.2, 0.25) is 0 Å². The summed E-state index contributed by atoms with van der Waals surface area (Å²) in [7, 11) is 0. The number of hydrogen-bond donors (Lipinski definition) is 0. The normalized spacial score (nSPS) is 18.9. The third-order valence-electron chi connectivity index (χ3n) is 2.96. The van der Waals surface area contributed by atoms with Gasteiger partial charge < -0.3 is 0 Å². The van der Waals surface area contributed by atoms with Crippen LogP contribution in [-0.2, 0) is 4.79 Å². The van der Waals surface area contributed by atoms with E-state index in [-0.39, 0.29) is 0 Å². The molecular formula is C13H22O. The predicted octanol–water partition coefficient (Wildman–Crippen LogP) is 3.88. The maximum Gasteiger partial charge on any atom is 0.158 e. The van der Waals surface area contributed by atoms with Crippen molar-refractivity contribution in [2.75, 3.05) is 0 Å². The summed E-state index contributed by atoms with van der Waals surface area (Å²) in [5.74, 6) is 0.973. The van der Waals surface area contributed by atoms with Crippen LogP contribution in [0.2, 0.25) is 0 Å². The van der Waals surface area contributed by atoms with Crippen LogP contribution in [0.3, 0.4) is 0 Å². The molecule has 0 saturated heterocycles. The van der Waals surface area contributed by atoms with Gasteiger partial charge in [0.25, 0.3) is 0 Å². The first-order valence-electron chi connectivity index (χ1n) is 5.96. The van der Waals surface area contributed by atoms with Crippen LogP contribution in [0.25, 0.3) is 0 Å². The Morgan fingerprint density at radius 3 is 2.86 bits per heavy atom. The number of allylic oxidation sites excluding steroid dienone is 2. The van der Waals surface area contributed by atoms with Crippen LogP contribution in [-0.4, -0.2) is 5.78 Å². The van der Waals surface area contributed by atoms with E-state index in [9.17, 15) is 4.79 Å². The summed E-state index contributed by atoms with van der Waals surface area (Å²) in [5, 5.41) is 0. The van der Waals surface area contributed by atoms with Crippen LogP contribution in [0.1, 0.15) is 58.8 Å². The van der Waals surface area contributed by atoms with E-state index in [0.717, 1.165) is 24.8 Å². The summed E-state index contributed by atoms with van der Waals surface area (Å²) in [6.07, 6.45) is 9.90. The summed E-state index contributed by atoms with van der Waals surface area (Å²) in [6, 6.07) is 0. The smallest absolute Gasteiger partial charge is 0.158 e. The minimum absolute atomic E-state index is 0.408. The number of Topliss-reactive ketones (excluding diaryl/α,β-unsaturated/α-hetero) is 1. The maximum absolute atomic E-state index is 11.8. The Balaban J connectivity index is 2.37. The fraction of sp³-hybridized carbons (Fsp3) is 0.769. The minimum Gasteiger partial charge on any atom is -0.295 e. The second kappa shape index (κ2) is 6.00. The second-order valence-electron chi connectivity index (χ2n) is 4.50. The SMILES string of the molecule is CCCC(C)CC(=O)C1=CCCCC1. The fourth-order valence-electron chi connectivity index (χ4n) is 2.13. The van der Waals surface area contributed by atoms with Crippen molar-refractivity contribution in [1.29, 1.82) is 0 Å². The predicted molar refractivity (Wildman–Crippen MR) is 60.2 cm³/mol. The zero-order chi connectivity index (χ0) is 10.4. The molecule has 14 heavy (non-hydrogen) atoms. The number of carbonyl (C=O) groups is 1. The lowest BCUT2D eigenvalue weighted by atomic mass is 9.90. The molecule has 1 atom stereocenters. The quantitative estimate of drug-likeness (QED) is 0.649. The van der Waals surface area contributed by atoms with Gasteiger partial charge in [-0.2, -0.15) is 0 Å². The van der Waals surface area contributed by atoms with Gasteiger partial charge in [0.15, 0.2) is 5.78 Å². The number of carbonyl (C=O) groups excluding carboxylic acids is 1. The first-order valence-corrected chi connectivity index (χ1v) is 5.96. The molecule has 0 heterocycles. The van der Waals surface area contributed by atoms with Crippen molar-refractivity contribution in [3.63, 3.8) is 0 Å². The Labute approximate surface area is 87.6 Å². The molecule has 1 heteroatoms. The molecule has 0 bridgehead atoms. The molecule has 0 aromatic heterocycles. The Morgan fingerprint density at radius 2 is 2.29 bits per heavy atom. The highest BCUT2D eigenvalue weighted by Crippen LogP contribution is 2.21. The van der Waals surface area contributed by atoms with E-state index in [1.54, 1.807) is 0 Å². The van der Waals surface area contributed by atoms with E-state index >= 15 is 0 Å². The monoisotopic (exact) mass is 194 g/mol. The maximum atomic E-state index is 11.8. The minimum atomic E-state index is 0.408. The van der Waals surface area contributed by atoms with E-state index in [2.05, 4.69) is 19.9 Å². The molecule has 1 aliphatic carbocycles. The molecule has 1 aliphatic rings. The highest BCUT2D eigenvalue weighted by atomic mass is 16.1. The summed E-state index contributed by atoms with van der Waals surface area (Å²) in [6.45, 7) is 4.37. The Morgan fingerprint density at radius 1 is 1.50 bits per heavy atom. The van der Waals surface area contributed by atoms with Crippen LogP contribution in [0.5, 0.6) is 0 Å². The molecule has 1 unspecified atom stereocenters. The largest absolute Gasteiger partial charge is 0.295 e. The fourth-order valence-corrected chi connectivity index (χ4v) is 2.13. The van der Waals surface area contributed by atoms with Gasteiger partial charge in [0.05, 0.1) is 0 Å². The number of ketones is 1. The highest BCUT2D eigenvalue weighted by molar-refractivity contribution is 5.95.